The first-order chi connectivity index (χ1) is 7.38. The molecule has 0 saturated heterocycles. The molecule has 0 heterocycles. The van der Waals surface area contributed by atoms with Gasteiger partial charge in [0.25, 0.3) is 0 Å². The second-order valence-electron chi connectivity index (χ2n) is 4.39. The maximum atomic E-state index is 9.01. The highest BCUT2D eigenvalue weighted by Crippen LogP contribution is 2.25. The Labute approximate surface area is 91.3 Å². The molecule has 1 aromatic carbocycles. The molecule has 2 nitrogen and oxygen atoms in total. The van der Waals surface area contributed by atoms with Crippen molar-refractivity contribution in [1.29, 1.82) is 0 Å². The van der Waals surface area contributed by atoms with E-state index in [1.165, 1.54) is 25.7 Å². The first kappa shape index (κ1) is 10.5. The summed E-state index contributed by atoms with van der Waals surface area (Å²) in [6.45, 7) is 1.20. The average molecular weight is 205 g/mol. The van der Waals surface area contributed by atoms with Crippen LogP contribution in [0.5, 0.6) is 0 Å². The van der Waals surface area contributed by atoms with Crippen LogP contribution in [0.15, 0.2) is 24.3 Å². The van der Waals surface area contributed by atoms with Gasteiger partial charge in [-0.3, -0.25) is 0 Å². The summed E-state index contributed by atoms with van der Waals surface area (Å²) < 4.78 is 0. The van der Waals surface area contributed by atoms with E-state index in [9.17, 15) is 0 Å². The lowest BCUT2D eigenvalue weighted by Gasteiger charge is -2.12. The summed E-state index contributed by atoms with van der Waals surface area (Å²) in [7, 11) is 0. The molecule has 2 heteroatoms. The molecule has 0 unspecified atom stereocenters. The van der Waals surface area contributed by atoms with Gasteiger partial charge in [-0.05, 0) is 36.5 Å². The zero-order valence-electron chi connectivity index (χ0n) is 9.08. The number of aliphatic hydroxyl groups excluding tert-OH is 1. The summed E-state index contributed by atoms with van der Waals surface area (Å²) >= 11 is 0. The highest BCUT2D eigenvalue weighted by molar-refractivity contribution is 5.45. The Morgan fingerprint density at radius 2 is 2.07 bits per heavy atom. The van der Waals surface area contributed by atoms with Gasteiger partial charge in [-0.2, -0.15) is 0 Å². The predicted molar refractivity (Wildman–Crippen MR) is 62.8 cm³/mol. The molecule has 15 heavy (non-hydrogen) atoms. The fraction of sp³-hybridized carbons (Fsp3) is 0.538. The molecule has 1 aliphatic rings. The maximum absolute atomic E-state index is 9.01. The normalized spacial score (nSPS) is 16.9. The van der Waals surface area contributed by atoms with Crippen LogP contribution in [0.25, 0.3) is 0 Å². The van der Waals surface area contributed by atoms with Gasteiger partial charge in [0.2, 0.25) is 0 Å². The molecule has 1 aliphatic carbocycles. The summed E-state index contributed by atoms with van der Waals surface area (Å²) in [5, 5.41) is 12.5. The molecular weight excluding hydrogens is 186 g/mol. The molecule has 1 aromatic rings. The molecule has 0 bridgehead atoms. The second kappa shape index (κ2) is 5.17. The molecule has 2 rings (SSSR count). The maximum Gasteiger partial charge on any atom is 0.0682 e. The Balaban J connectivity index is 1.86. The average Bonchev–Trinajstić information content (AvgIpc) is 2.79. The minimum absolute atomic E-state index is 0.124. The van der Waals surface area contributed by atoms with Gasteiger partial charge in [0, 0.05) is 12.2 Å². The lowest BCUT2D eigenvalue weighted by molar-refractivity contribution is 0.282. The van der Waals surface area contributed by atoms with E-state index in [1.807, 2.05) is 18.2 Å². The topological polar surface area (TPSA) is 32.3 Å². The van der Waals surface area contributed by atoms with Crippen molar-refractivity contribution in [3.63, 3.8) is 0 Å². The summed E-state index contributed by atoms with van der Waals surface area (Å²) in [5.41, 5.74) is 2.11. The van der Waals surface area contributed by atoms with E-state index < -0.39 is 0 Å². The van der Waals surface area contributed by atoms with Gasteiger partial charge in [-0.15, -0.1) is 0 Å². The summed E-state index contributed by atoms with van der Waals surface area (Å²) in [5.74, 6) is 0.850. The van der Waals surface area contributed by atoms with Crippen molar-refractivity contribution in [2.24, 2.45) is 5.92 Å². The Hall–Kier alpha value is -1.02. The monoisotopic (exact) mass is 205 g/mol. The van der Waals surface area contributed by atoms with E-state index >= 15 is 0 Å². The van der Waals surface area contributed by atoms with Gasteiger partial charge in [0.05, 0.1) is 6.61 Å². The first-order valence-electron chi connectivity index (χ1n) is 5.82. The lowest BCUT2D eigenvalue weighted by Crippen LogP contribution is -2.10. The van der Waals surface area contributed by atoms with E-state index in [1.54, 1.807) is 0 Å². The van der Waals surface area contributed by atoms with Gasteiger partial charge in [-0.25, -0.2) is 0 Å². The Bertz CT molecular complexity index is 305. The Kier molecular flexibility index (Phi) is 3.62. The summed E-state index contributed by atoms with van der Waals surface area (Å²) in [4.78, 5) is 0. The van der Waals surface area contributed by atoms with Gasteiger partial charge in [0.15, 0.2) is 0 Å². The van der Waals surface area contributed by atoms with Gasteiger partial charge >= 0.3 is 0 Å². The van der Waals surface area contributed by atoms with E-state index in [4.69, 9.17) is 5.11 Å². The number of nitrogens with one attached hydrogen (secondary N) is 1. The number of anilines is 1. The number of hydrogen-bond acceptors (Lipinski definition) is 2. The molecule has 0 amide bonds. The first-order valence-corrected chi connectivity index (χ1v) is 5.82. The standard InChI is InChI=1S/C13H19NO/c15-10-12-6-3-7-13(8-12)14-9-11-4-1-2-5-11/h3,6-8,11,14-15H,1-2,4-5,9-10H2. The third-order valence-electron chi connectivity index (χ3n) is 3.18. The van der Waals surface area contributed by atoms with Crippen molar-refractivity contribution < 1.29 is 5.11 Å². The molecule has 0 spiro atoms. The zero-order valence-corrected chi connectivity index (χ0v) is 9.08. The van der Waals surface area contributed by atoms with Crippen molar-refractivity contribution in [3.8, 4) is 0 Å². The fourth-order valence-corrected chi connectivity index (χ4v) is 2.26. The third kappa shape index (κ3) is 2.96. The van der Waals surface area contributed by atoms with E-state index in [0.29, 0.717) is 0 Å². The number of aliphatic hydroxyl groups is 1. The predicted octanol–water partition coefficient (Wildman–Crippen LogP) is 2.78. The van der Waals surface area contributed by atoms with Crippen LogP contribution in [0.4, 0.5) is 5.69 Å². The minimum atomic E-state index is 0.124. The molecule has 2 N–H and O–H groups in total. The minimum Gasteiger partial charge on any atom is -0.392 e. The third-order valence-corrected chi connectivity index (χ3v) is 3.18. The quantitative estimate of drug-likeness (QED) is 0.792. The second-order valence-corrected chi connectivity index (χ2v) is 4.39. The van der Waals surface area contributed by atoms with E-state index in [2.05, 4.69) is 11.4 Å². The van der Waals surface area contributed by atoms with E-state index in [-0.39, 0.29) is 6.61 Å². The zero-order chi connectivity index (χ0) is 10.5. The Morgan fingerprint density at radius 1 is 1.27 bits per heavy atom. The van der Waals surface area contributed by atoms with Crippen LogP contribution >= 0.6 is 0 Å². The van der Waals surface area contributed by atoms with Crippen molar-refractivity contribution in [3.05, 3.63) is 29.8 Å². The van der Waals surface area contributed by atoms with Crippen LogP contribution in [0.2, 0.25) is 0 Å². The molecule has 0 aromatic heterocycles. The highest BCUT2D eigenvalue weighted by Gasteiger charge is 2.14. The van der Waals surface area contributed by atoms with Gasteiger partial charge in [-0.1, -0.05) is 25.0 Å². The highest BCUT2D eigenvalue weighted by atomic mass is 16.3. The van der Waals surface area contributed by atoms with Crippen molar-refractivity contribution in [2.75, 3.05) is 11.9 Å². The van der Waals surface area contributed by atoms with Crippen LogP contribution in [-0.4, -0.2) is 11.7 Å². The van der Waals surface area contributed by atoms with Crippen LogP contribution in [0.1, 0.15) is 31.2 Å². The Morgan fingerprint density at radius 3 is 2.80 bits per heavy atom. The summed E-state index contributed by atoms with van der Waals surface area (Å²) in [6, 6.07) is 8.02. The van der Waals surface area contributed by atoms with Crippen LogP contribution in [-0.2, 0) is 6.61 Å². The SMILES string of the molecule is OCc1cccc(NCC2CCCC2)c1. The molecule has 0 atom stereocenters. The molecular formula is C13H19NO. The molecule has 1 fully saturated rings. The molecule has 82 valence electrons. The molecule has 1 saturated carbocycles. The van der Waals surface area contributed by atoms with E-state index in [0.717, 1.165) is 23.7 Å². The molecule has 0 radical (unpaired) electrons. The van der Waals surface area contributed by atoms with Crippen molar-refractivity contribution in [2.45, 2.75) is 32.3 Å². The smallest absolute Gasteiger partial charge is 0.0682 e. The van der Waals surface area contributed by atoms with Crippen LogP contribution < -0.4 is 5.32 Å². The van der Waals surface area contributed by atoms with Crippen LogP contribution in [0.3, 0.4) is 0 Å². The number of rotatable bonds is 4. The number of hydrogen-bond donors (Lipinski definition) is 2. The number of benzene rings is 1. The molecule has 0 aliphatic heterocycles. The summed E-state index contributed by atoms with van der Waals surface area (Å²) in [6.07, 6.45) is 5.52. The fourth-order valence-electron chi connectivity index (χ4n) is 2.26. The van der Waals surface area contributed by atoms with Gasteiger partial charge < -0.3 is 10.4 Å². The van der Waals surface area contributed by atoms with Crippen molar-refractivity contribution in [1.82, 2.24) is 0 Å². The van der Waals surface area contributed by atoms with Crippen molar-refractivity contribution >= 4 is 5.69 Å². The lowest BCUT2D eigenvalue weighted by atomic mass is 10.1. The van der Waals surface area contributed by atoms with Crippen LogP contribution in [0, 0.1) is 5.92 Å². The van der Waals surface area contributed by atoms with Gasteiger partial charge in [0.1, 0.15) is 0 Å². The largest absolute Gasteiger partial charge is 0.392 e.